The maximum Gasteiger partial charge on any atom is 0.339 e. The van der Waals surface area contributed by atoms with Crippen LogP contribution in [0.2, 0.25) is 0 Å². The quantitative estimate of drug-likeness (QED) is 0.791. The highest BCUT2D eigenvalue weighted by Crippen LogP contribution is 2.58. The molecule has 24 heavy (non-hydrogen) atoms. The van der Waals surface area contributed by atoms with Gasteiger partial charge in [0.25, 0.3) is 0 Å². The number of ether oxygens (including phenoxy) is 1. The Morgan fingerprint density at radius 3 is 2.75 bits per heavy atom. The molecule has 1 saturated carbocycles. The van der Waals surface area contributed by atoms with Crippen molar-refractivity contribution in [2.45, 2.75) is 64.4 Å². The van der Waals surface area contributed by atoms with Gasteiger partial charge in [0.15, 0.2) is 0 Å². The summed E-state index contributed by atoms with van der Waals surface area (Å²) in [4.78, 5) is 24.1. The summed E-state index contributed by atoms with van der Waals surface area (Å²) in [5, 5.41) is 9.86. The van der Waals surface area contributed by atoms with Crippen molar-refractivity contribution in [3.8, 4) is 0 Å². The number of fused-ring (bicyclic) bond motifs is 4. The van der Waals surface area contributed by atoms with E-state index in [0.717, 1.165) is 37.7 Å². The summed E-state index contributed by atoms with van der Waals surface area (Å²) >= 11 is 0. The van der Waals surface area contributed by atoms with E-state index in [1.165, 1.54) is 11.1 Å². The number of hydrogen-bond acceptors (Lipinski definition) is 3. The highest BCUT2D eigenvalue weighted by Gasteiger charge is 2.55. The molecule has 1 fully saturated rings. The molecular formula is C20H24O4. The number of carbonyl (C=O) groups is 2. The average Bonchev–Trinajstić information content (AvgIpc) is 2.80. The van der Waals surface area contributed by atoms with Crippen molar-refractivity contribution in [3.63, 3.8) is 0 Å². The molecule has 2 aliphatic carbocycles. The monoisotopic (exact) mass is 328 g/mol. The number of cyclic esters (lactones) is 1. The summed E-state index contributed by atoms with van der Waals surface area (Å²) in [6.07, 6.45) is 4.23. The Bertz CT molecular complexity index is 752. The van der Waals surface area contributed by atoms with Crippen LogP contribution in [0.5, 0.6) is 0 Å². The van der Waals surface area contributed by atoms with E-state index in [4.69, 9.17) is 4.74 Å². The van der Waals surface area contributed by atoms with Crippen molar-refractivity contribution >= 4 is 11.9 Å². The molecule has 3 aliphatic rings. The molecule has 4 unspecified atom stereocenters. The van der Waals surface area contributed by atoms with Gasteiger partial charge in [-0.3, -0.25) is 4.79 Å². The second-order valence-electron chi connectivity index (χ2n) is 8.23. The maximum atomic E-state index is 12.1. The molecule has 1 aliphatic heterocycles. The Balaban J connectivity index is 1.87. The SMILES string of the molecule is CC1OC(=O)c2cc3c(cc21)CCC1C(C)(C(=O)O)CCCC31C. The van der Waals surface area contributed by atoms with Crippen LogP contribution in [0.15, 0.2) is 12.1 Å². The molecule has 0 bridgehead atoms. The number of carboxylic acid groups (broad SMARTS) is 1. The van der Waals surface area contributed by atoms with Gasteiger partial charge in [0.2, 0.25) is 0 Å². The molecule has 4 heteroatoms. The van der Waals surface area contributed by atoms with Crippen LogP contribution in [0.4, 0.5) is 0 Å². The van der Waals surface area contributed by atoms with Gasteiger partial charge in [0.1, 0.15) is 6.10 Å². The number of benzene rings is 1. The van der Waals surface area contributed by atoms with Gasteiger partial charge in [-0.25, -0.2) is 4.79 Å². The van der Waals surface area contributed by atoms with Crippen LogP contribution in [0.3, 0.4) is 0 Å². The van der Waals surface area contributed by atoms with E-state index in [1.807, 2.05) is 19.9 Å². The van der Waals surface area contributed by atoms with E-state index in [1.54, 1.807) is 0 Å². The highest BCUT2D eigenvalue weighted by atomic mass is 16.5. The minimum Gasteiger partial charge on any atom is -0.481 e. The molecule has 0 spiro atoms. The first-order chi connectivity index (χ1) is 11.3. The first-order valence-corrected chi connectivity index (χ1v) is 8.89. The van der Waals surface area contributed by atoms with Crippen LogP contribution >= 0.6 is 0 Å². The first-order valence-electron chi connectivity index (χ1n) is 8.89. The lowest BCUT2D eigenvalue weighted by Crippen LogP contribution is -2.52. The smallest absolute Gasteiger partial charge is 0.339 e. The molecule has 0 radical (unpaired) electrons. The second kappa shape index (κ2) is 4.84. The van der Waals surface area contributed by atoms with E-state index in [0.29, 0.717) is 5.56 Å². The summed E-state index contributed by atoms with van der Waals surface area (Å²) in [5.41, 5.74) is 3.24. The van der Waals surface area contributed by atoms with Crippen molar-refractivity contribution in [1.82, 2.24) is 0 Å². The van der Waals surface area contributed by atoms with Gasteiger partial charge in [-0.15, -0.1) is 0 Å². The molecule has 4 rings (SSSR count). The average molecular weight is 328 g/mol. The van der Waals surface area contributed by atoms with Crippen molar-refractivity contribution in [2.75, 3.05) is 0 Å². The maximum absolute atomic E-state index is 12.1. The number of aryl methyl sites for hydroxylation is 1. The number of carboxylic acids is 1. The van der Waals surface area contributed by atoms with Gasteiger partial charge in [0, 0.05) is 5.56 Å². The van der Waals surface area contributed by atoms with E-state index in [9.17, 15) is 14.7 Å². The number of esters is 1. The van der Waals surface area contributed by atoms with Gasteiger partial charge in [0.05, 0.1) is 11.0 Å². The number of carbonyl (C=O) groups excluding carboxylic acids is 1. The summed E-state index contributed by atoms with van der Waals surface area (Å²) in [6, 6.07) is 4.14. The summed E-state index contributed by atoms with van der Waals surface area (Å²) in [6.45, 7) is 6.02. The minimum absolute atomic E-state index is 0.108. The van der Waals surface area contributed by atoms with Gasteiger partial charge >= 0.3 is 11.9 Å². The molecule has 0 amide bonds. The van der Waals surface area contributed by atoms with Gasteiger partial charge in [-0.1, -0.05) is 19.4 Å². The number of aliphatic carboxylic acids is 1. The molecule has 1 aromatic rings. The van der Waals surface area contributed by atoms with Crippen LogP contribution in [-0.2, 0) is 21.4 Å². The van der Waals surface area contributed by atoms with Crippen LogP contribution in [0.1, 0.15) is 79.6 Å². The third-order valence-electron chi connectivity index (χ3n) is 6.95. The third kappa shape index (κ3) is 1.86. The zero-order chi connectivity index (χ0) is 17.3. The fourth-order valence-corrected chi connectivity index (χ4v) is 5.59. The molecular weight excluding hydrogens is 304 g/mol. The van der Waals surface area contributed by atoms with E-state index < -0.39 is 11.4 Å². The van der Waals surface area contributed by atoms with Crippen LogP contribution < -0.4 is 0 Å². The van der Waals surface area contributed by atoms with Gasteiger partial charge in [-0.2, -0.15) is 0 Å². The molecule has 0 saturated heterocycles. The summed E-state index contributed by atoms with van der Waals surface area (Å²) in [7, 11) is 0. The number of hydrogen-bond donors (Lipinski definition) is 1. The Labute approximate surface area is 142 Å². The third-order valence-corrected chi connectivity index (χ3v) is 6.95. The Kier molecular flexibility index (Phi) is 3.16. The largest absolute Gasteiger partial charge is 0.481 e. The lowest BCUT2D eigenvalue weighted by Gasteiger charge is -2.53. The van der Waals surface area contributed by atoms with Crippen LogP contribution in [0, 0.1) is 11.3 Å². The Morgan fingerprint density at radius 1 is 1.29 bits per heavy atom. The Morgan fingerprint density at radius 2 is 2.04 bits per heavy atom. The standard InChI is InChI=1S/C20H24O4/c1-11-13-9-12-5-6-16-19(2,7-4-8-20(16,3)18(22)23)15(12)10-14(13)17(21)24-11/h9-11,16H,4-8H2,1-3H3,(H,22,23). The van der Waals surface area contributed by atoms with Gasteiger partial charge in [-0.05, 0) is 68.1 Å². The van der Waals surface area contributed by atoms with E-state index in [2.05, 4.69) is 13.0 Å². The van der Waals surface area contributed by atoms with Crippen LogP contribution in [-0.4, -0.2) is 17.0 Å². The van der Waals surface area contributed by atoms with Crippen molar-refractivity contribution < 1.29 is 19.4 Å². The van der Waals surface area contributed by atoms with E-state index >= 15 is 0 Å². The van der Waals surface area contributed by atoms with Gasteiger partial charge < -0.3 is 9.84 Å². The van der Waals surface area contributed by atoms with Crippen LogP contribution in [0.25, 0.3) is 0 Å². The summed E-state index contributed by atoms with van der Waals surface area (Å²) < 4.78 is 5.37. The Hall–Kier alpha value is -1.84. The highest BCUT2D eigenvalue weighted by molar-refractivity contribution is 5.94. The fourth-order valence-electron chi connectivity index (χ4n) is 5.59. The molecule has 1 heterocycles. The van der Waals surface area contributed by atoms with Crippen molar-refractivity contribution in [2.24, 2.45) is 11.3 Å². The molecule has 4 atom stereocenters. The molecule has 128 valence electrons. The number of rotatable bonds is 1. The molecule has 0 aromatic heterocycles. The van der Waals surface area contributed by atoms with Crippen molar-refractivity contribution in [3.05, 3.63) is 34.4 Å². The predicted molar refractivity (Wildman–Crippen MR) is 89.0 cm³/mol. The summed E-state index contributed by atoms with van der Waals surface area (Å²) in [5.74, 6) is -0.824. The molecule has 4 nitrogen and oxygen atoms in total. The minimum atomic E-state index is -0.684. The topological polar surface area (TPSA) is 63.6 Å². The van der Waals surface area contributed by atoms with Crippen molar-refractivity contribution in [1.29, 1.82) is 0 Å². The zero-order valence-corrected chi connectivity index (χ0v) is 14.5. The van der Waals surface area contributed by atoms with E-state index in [-0.39, 0.29) is 23.4 Å². The predicted octanol–water partition coefficient (Wildman–Crippen LogP) is 4.01. The molecule has 1 N–H and O–H groups in total. The molecule has 1 aromatic carbocycles. The first kappa shape index (κ1) is 15.7. The lowest BCUT2D eigenvalue weighted by molar-refractivity contribution is -0.157. The normalized spacial score (nSPS) is 37.2. The second-order valence-corrected chi connectivity index (χ2v) is 8.23. The zero-order valence-electron chi connectivity index (χ0n) is 14.5. The fraction of sp³-hybridized carbons (Fsp3) is 0.600. The lowest BCUT2D eigenvalue weighted by atomic mass is 9.49.